The van der Waals surface area contributed by atoms with Crippen molar-refractivity contribution in [1.82, 2.24) is 10.3 Å². The molecule has 1 amide bonds. The Balaban J connectivity index is 2.44. The van der Waals surface area contributed by atoms with Crippen LogP contribution in [0.15, 0.2) is 30.3 Å². The summed E-state index contributed by atoms with van der Waals surface area (Å²) in [5.41, 5.74) is 3.14. The molecule has 2 rings (SSSR count). The molecule has 1 aromatic heterocycles. The van der Waals surface area contributed by atoms with Crippen molar-refractivity contribution < 1.29 is 4.79 Å². The summed E-state index contributed by atoms with van der Waals surface area (Å²) in [6.45, 7) is 7.96. The minimum atomic E-state index is -0.0178. The van der Waals surface area contributed by atoms with Crippen LogP contribution in [0, 0.1) is 12.8 Å². The molecule has 106 valence electrons. The van der Waals surface area contributed by atoms with Crippen LogP contribution in [0.25, 0.3) is 10.9 Å². The van der Waals surface area contributed by atoms with Gasteiger partial charge in [0.2, 0.25) is 5.91 Å². The molecule has 0 saturated carbocycles. The van der Waals surface area contributed by atoms with Gasteiger partial charge in [0.05, 0.1) is 17.3 Å². The maximum atomic E-state index is 11.4. The number of fused-ring (bicyclic) bond motifs is 1. The third kappa shape index (κ3) is 3.35. The van der Waals surface area contributed by atoms with E-state index in [1.807, 2.05) is 18.2 Å². The van der Waals surface area contributed by atoms with Crippen molar-refractivity contribution in [3.8, 4) is 0 Å². The van der Waals surface area contributed by atoms with Gasteiger partial charge in [0.25, 0.3) is 0 Å². The van der Waals surface area contributed by atoms with Gasteiger partial charge in [-0.15, -0.1) is 0 Å². The van der Waals surface area contributed by atoms with E-state index in [-0.39, 0.29) is 11.9 Å². The zero-order valence-electron chi connectivity index (χ0n) is 12.6. The number of hydrogen-bond donors (Lipinski definition) is 1. The topological polar surface area (TPSA) is 42.0 Å². The van der Waals surface area contributed by atoms with Crippen molar-refractivity contribution in [2.45, 2.75) is 40.2 Å². The summed E-state index contributed by atoms with van der Waals surface area (Å²) in [6.07, 6.45) is 0.893. The van der Waals surface area contributed by atoms with Crippen molar-refractivity contribution >= 4 is 16.8 Å². The second-order valence-electron chi connectivity index (χ2n) is 5.76. The highest BCUT2D eigenvalue weighted by Gasteiger charge is 2.17. The van der Waals surface area contributed by atoms with Crippen molar-refractivity contribution in [3.05, 3.63) is 41.6 Å². The van der Waals surface area contributed by atoms with Crippen LogP contribution in [0.1, 0.15) is 44.5 Å². The summed E-state index contributed by atoms with van der Waals surface area (Å²) in [5.74, 6) is 0.490. The minimum absolute atomic E-state index is 0.0109. The lowest BCUT2D eigenvalue weighted by atomic mass is 9.98. The number of carbonyl (C=O) groups excluding carboxylic acids is 1. The predicted octanol–water partition coefficient (Wildman–Crippen LogP) is 3.77. The molecule has 0 spiro atoms. The number of benzene rings is 1. The van der Waals surface area contributed by atoms with E-state index in [0.29, 0.717) is 5.92 Å². The number of nitrogens with zero attached hydrogens (tertiary/aromatic N) is 1. The van der Waals surface area contributed by atoms with Gasteiger partial charge in [-0.1, -0.05) is 32.0 Å². The van der Waals surface area contributed by atoms with Crippen molar-refractivity contribution in [2.24, 2.45) is 5.92 Å². The molecule has 20 heavy (non-hydrogen) atoms. The lowest BCUT2D eigenvalue weighted by Crippen LogP contribution is -2.28. The van der Waals surface area contributed by atoms with Crippen molar-refractivity contribution in [3.63, 3.8) is 0 Å². The number of para-hydroxylation sites is 1. The molecule has 0 radical (unpaired) electrons. The fraction of sp³-hybridized carbons (Fsp3) is 0.412. The molecule has 1 aromatic carbocycles. The van der Waals surface area contributed by atoms with Crippen LogP contribution in [0.3, 0.4) is 0 Å². The lowest BCUT2D eigenvalue weighted by Gasteiger charge is -2.20. The largest absolute Gasteiger partial charge is 0.348 e. The van der Waals surface area contributed by atoms with Gasteiger partial charge in [0.15, 0.2) is 0 Å². The zero-order valence-corrected chi connectivity index (χ0v) is 12.6. The first-order chi connectivity index (χ1) is 9.47. The van der Waals surface area contributed by atoms with Gasteiger partial charge in [-0.05, 0) is 37.0 Å². The molecule has 3 heteroatoms. The van der Waals surface area contributed by atoms with E-state index in [1.54, 1.807) is 6.92 Å². The van der Waals surface area contributed by atoms with Gasteiger partial charge in [0, 0.05) is 12.3 Å². The van der Waals surface area contributed by atoms with Crippen LogP contribution < -0.4 is 5.32 Å². The van der Waals surface area contributed by atoms with E-state index >= 15 is 0 Å². The van der Waals surface area contributed by atoms with Crippen molar-refractivity contribution in [2.75, 3.05) is 0 Å². The number of aryl methyl sites for hydroxylation is 1. The average Bonchev–Trinajstić information content (AvgIpc) is 2.37. The standard InChI is InChI=1S/C17H22N2O/c1-11(2)9-16(18-13(4)20)17-10-12(3)14-7-5-6-8-15(14)19-17/h5-8,10-11,16H,9H2,1-4H3,(H,18,20). The maximum absolute atomic E-state index is 11.4. The first-order valence-electron chi connectivity index (χ1n) is 7.10. The Bertz CT molecular complexity index is 619. The first kappa shape index (κ1) is 14.5. The van der Waals surface area contributed by atoms with E-state index in [0.717, 1.165) is 17.6 Å². The molecule has 1 heterocycles. The summed E-state index contributed by atoms with van der Waals surface area (Å²) in [5, 5.41) is 4.19. The minimum Gasteiger partial charge on any atom is -0.348 e. The number of aromatic nitrogens is 1. The third-order valence-corrected chi connectivity index (χ3v) is 3.38. The number of hydrogen-bond acceptors (Lipinski definition) is 2. The molecule has 0 aliphatic heterocycles. The summed E-state index contributed by atoms with van der Waals surface area (Å²) in [6, 6.07) is 10.2. The molecule has 1 unspecified atom stereocenters. The highest BCUT2D eigenvalue weighted by atomic mass is 16.1. The van der Waals surface area contributed by atoms with Crippen molar-refractivity contribution in [1.29, 1.82) is 0 Å². The molecule has 0 bridgehead atoms. The maximum Gasteiger partial charge on any atom is 0.217 e. The molecule has 1 N–H and O–H groups in total. The van der Waals surface area contributed by atoms with E-state index in [1.165, 1.54) is 10.9 Å². The molecular formula is C17H22N2O. The van der Waals surface area contributed by atoms with E-state index < -0.39 is 0 Å². The average molecular weight is 270 g/mol. The second-order valence-corrected chi connectivity index (χ2v) is 5.76. The Labute approximate surface area is 120 Å². The number of amides is 1. The fourth-order valence-corrected chi connectivity index (χ4v) is 2.52. The summed E-state index contributed by atoms with van der Waals surface area (Å²) in [4.78, 5) is 16.1. The van der Waals surface area contributed by atoms with Gasteiger partial charge in [-0.25, -0.2) is 0 Å². The van der Waals surface area contributed by atoms with Gasteiger partial charge >= 0.3 is 0 Å². The highest BCUT2D eigenvalue weighted by Crippen LogP contribution is 2.24. The van der Waals surface area contributed by atoms with Crippen LogP contribution >= 0.6 is 0 Å². The monoisotopic (exact) mass is 270 g/mol. The van der Waals surface area contributed by atoms with Crippen LogP contribution in [-0.4, -0.2) is 10.9 Å². The normalized spacial score (nSPS) is 12.7. The zero-order chi connectivity index (χ0) is 14.7. The molecule has 0 aliphatic carbocycles. The molecule has 0 saturated heterocycles. The van der Waals surface area contributed by atoms with Crippen LogP contribution in [0.5, 0.6) is 0 Å². The Hall–Kier alpha value is -1.90. The molecule has 0 aliphatic rings. The first-order valence-corrected chi connectivity index (χ1v) is 7.10. The summed E-state index contributed by atoms with van der Waals surface area (Å²) >= 11 is 0. The fourth-order valence-electron chi connectivity index (χ4n) is 2.52. The van der Waals surface area contributed by atoms with E-state index in [4.69, 9.17) is 4.98 Å². The SMILES string of the molecule is CC(=O)NC(CC(C)C)c1cc(C)c2ccccc2n1. The number of carbonyl (C=O) groups is 1. The third-order valence-electron chi connectivity index (χ3n) is 3.38. The Morgan fingerprint density at radius 2 is 2.00 bits per heavy atom. The molecular weight excluding hydrogens is 248 g/mol. The second kappa shape index (κ2) is 6.04. The molecule has 3 nitrogen and oxygen atoms in total. The van der Waals surface area contributed by atoms with E-state index in [2.05, 4.69) is 38.2 Å². The van der Waals surface area contributed by atoms with E-state index in [9.17, 15) is 4.79 Å². The van der Waals surface area contributed by atoms with Gasteiger partial charge in [0.1, 0.15) is 0 Å². The van der Waals surface area contributed by atoms with Gasteiger partial charge in [-0.3, -0.25) is 9.78 Å². The van der Waals surface area contributed by atoms with Crippen LogP contribution in [-0.2, 0) is 4.79 Å². The number of rotatable bonds is 4. The smallest absolute Gasteiger partial charge is 0.217 e. The summed E-state index contributed by atoms with van der Waals surface area (Å²) < 4.78 is 0. The Kier molecular flexibility index (Phi) is 4.38. The summed E-state index contributed by atoms with van der Waals surface area (Å²) in [7, 11) is 0. The Morgan fingerprint density at radius 1 is 1.30 bits per heavy atom. The Morgan fingerprint density at radius 3 is 2.65 bits per heavy atom. The molecule has 0 fully saturated rings. The quantitative estimate of drug-likeness (QED) is 0.919. The van der Waals surface area contributed by atoms with Gasteiger partial charge in [-0.2, -0.15) is 0 Å². The molecule has 2 aromatic rings. The molecule has 1 atom stereocenters. The predicted molar refractivity (Wildman–Crippen MR) is 82.5 cm³/mol. The lowest BCUT2D eigenvalue weighted by molar-refractivity contribution is -0.119. The van der Waals surface area contributed by atoms with Gasteiger partial charge < -0.3 is 5.32 Å². The number of pyridine rings is 1. The number of nitrogens with one attached hydrogen (secondary N) is 1. The highest BCUT2D eigenvalue weighted by molar-refractivity contribution is 5.82. The van der Waals surface area contributed by atoms with Crippen LogP contribution in [0.2, 0.25) is 0 Å². The van der Waals surface area contributed by atoms with Crippen LogP contribution in [0.4, 0.5) is 0 Å².